The largest absolute Gasteiger partial charge is 0.496 e. The summed E-state index contributed by atoms with van der Waals surface area (Å²) in [7, 11) is 1.66. The van der Waals surface area contributed by atoms with E-state index in [1.165, 1.54) is 16.0 Å². The number of hydrogen-bond acceptors (Lipinski definition) is 4. The zero-order valence-electron chi connectivity index (χ0n) is 11.2. The van der Waals surface area contributed by atoms with E-state index in [-0.39, 0.29) is 6.04 Å². The van der Waals surface area contributed by atoms with Crippen molar-refractivity contribution in [1.82, 2.24) is 5.43 Å². The molecule has 6 heteroatoms. The van der Waals surface area contributed by atoms with Crippen LogP contribution in [0.25, 0.3) is 0 Å². The molecule has 0 spiro atoms. The van der Waals surface area contributed by atoms with Crippen molar-refractivity contribution in [2.45, 2.75) is 19.4 Å². The van der Waals surface area contributed by atoms with Crippen LogP contribution in [0.2, 0.25) is 0 Å². The molecule has 3 N–H and O–H groups in total. The summed E-state index contributed by atoms with van der Waals surface area (Å²) in [5.41, 5.74) is 5.33. The molecule has 0 aliphatic heterocycles. The van der Waals surface area contributed by atoms with Gasteiger partial charge in [0.2, 0.25) is 0 Å². The van der Waals surface area contributed by atoms with E-state index in [4.69, 9.17) is 10.6 Å². The smallest absolute Gasteiger partial charge is 0.133 e. The summed E-state index contributed by atoms with van der Waals surface area (Å²) in [6.07, 6.45) is 0.825. The van der Waals surface area contributed by atoms with Crippen molar-refractivity contribution in [1.29, 1.82) is 0 Å². The first-order chi connectivity index (χ1) is 9.55. The number of nitrogens with one attached hydrogen (secondary N) is 1. The second kappa shape index (κ2) is 7.04. The first-order valence-corrected chi connectivity index (χ1v) is 8.49. The summed E-state index contributed by atoms with van der Waals surface area (Å²) in [5.74, 6) is 6.55. The molecule has 108 valence electrons. The van der Waals surface area contributed by atoms with Crippen LogP contribution < -0.4 is 16.0 Å². The van der Waals surface area contributed by atoms with Crippen LogP contribution in [0.4, 0.5) is 0 Å². The molecular formula is C14H16Br2N2OS. The molecule has 20 heavy (non-hydrogen) atoms. The second-order valence-corrected chi connectivity index (χ2v) is 7.75. The highest BCUT2D eigenvalue weighted by Gasteiger charge is 2.15. The minimum absolute atomic E-state index is 0.102. The predicted octanol–water partition coefficient (Wildman–Crippen LogP) is 4.34. The Balaban J connectivity index is 2.20. The van der Waals surface area contributed by atoms with Gasteiger partial charge in [-0.3, -0.25) is 11.3 Å². The first kappa shape index (κ1) is 16.0. The minimum atomic E-state index is 0.102. The Bertz CT molecular complexity index is 581. The van der Waals surface area contributed by atoms with Gasteiger partial charge in [-0.15, -0.1) is 11.3 Å². The molecule has 3 nitrogen and oxygen atoms in total. The van der Waals surface area contributed by atoms with E-state index >= 15 is 0 Å². The van der Waals surface area contributed by atoms with Crippen molar-refractivity contribution in [3.05, 3.63) is 48.5 Å². The fraction of sp³-hybridized carbons (Fsp3) is 0.286. The number of rotatable bonds is 5. The maximum atomic E-state index is 5.71. The molecule has 0 bridgehead atoms. The highest BCUT2D eigenvalue weighted by molar-refractivity contribution is 9.11. The van der Waals surface area contributed by atoms with Crippen molar-refractivity contribution in [3.63, 3.8) is 0 Å². The number of thiophene rings is 1. The Labute approximate surface area is 139 Å². The maximum Gasteiger partial charge on any atom is 0.133 e. The zero-order chi connectivity index (χ0) is 14.7. The van der Waals surface area contributed by atoms with Crippen LogP contribution >= 0.6 is 43.2 Å². The van der Waals surface area contributed by atoms with E-state index in [0.29, 0.717) is 0 Å². The molecule has 0 radical (unpaired) electrons. The lowest BCUT2D eigenvalue weighted by Crippen LogP contribution is -2.28. The van der Waals surface area contributed by atoms with Gasteiger partial charge in [0.15, 0.2) is 0 Å². The molecule has 0 saturated heterocycles. The molecule has 0 fully saturated rings. The predicted molar refractivity (Wildman–Crippen MR) is 91.2 cm³/mol. The van der Waals surface area contributed by atoms with E-state index in [1.54, 1.807) is 18.4 Å². The van der Waals surface area contributed by atoms with E-state index in [0.717, 1.165) is 20.4 Å². The molecule has 0 aliphatic rings. The third kappa shape index (κ3) is 3.62. The number of hydrogen-bond donors (Lipinski definition) is 2. The average Bonchev–Trinajstić information content (AvgIpc) is 2.76. The molecule has 0 aliphatic carbocycles. The number of methoxy groups -OCH3 is 1. The quantitative estimate of drug-likeness (QED) is 0.559. The lowest BCUT2D eigenvalue weighted by atomic mass is 10.0. The summed E-state index contributed by atoms with van der Waals surface area (Å²) >= 11 is 8.78. The monoisotopic (exact) mass is 418 g/mol. The van der Waals surface area contributed by atoms with Crippen molar-refractivity contribution < 1.29 is 4.74 Å². The van der Waals surface area contributed by atoms with Crippen LogP contribution in [0.1, 0.15) is 22.0 Å². The number of aryl methyl sites for hydroxylation is 1. The van der Waals surface area contributed by atoms with Crippen LogP contribution in [0, 0.1) is 6.92 Å². The van der Waals surface area contributed by atoms with E-state index in [1.807, 2.05) is 6.07 Å². The van der Waals surface area contributed by atoms with Gasteiger partial charge in [-0.1, -0.05) is 6.07 Å². The molecule has 0 saturated carbocycles. The Hall–Kier alpha value is -0.400. The second-order valence-electron chi connectivity index (χ2n) is 4.50. The lowest BCUT2D eigenvalue weighted by molar-refractivity contribution is 0.412. The van der Waals surface area contributed by atoms with Crippen molar-refractivity contribution in [2.24, 2.45) is 5.84 Å². The summed E-state index contributed by atoms with van der Waals surface area (Å²) in [4.78, 5) is 1.23. The van der Waals surface area contributed by atoms with Crippen molar-refractivity contribution >= 4 is 43.2 Å². The molecule has 1 unspecified atom stereocenters. The van der Waals surface area contributed by atoms with Gasteiger partial charge in [-0.25, -0.2) is 0 Å². The standard InChI is InChI=1S/C14H16Br2N2OS/c1-8-5-13(20-14(8)16)11(18-17)7-9-3-4-12(19-2)10(15)6-9/h3-6,11,18H,7,17H2,1-2H3. The molecular weight excluding hydrogens is 404 g/mol. The topological polar surface area (TPSA) is 47.3 Å². The summed E-state index contributed by atoms with van der Waals surface area (Å²) in [5, 5.41) is 0. The molecule has 1 aromatic carbocycles. The van der Waals surface area contributed by atoms with Crippen LogP contribution in [0.15, 0.2) is 32.5 Å². The fourth-order valence-corrected chi connectivity index (χ4v) is 4.19. The number of benzene rings is 1. The van der Waals surface area contributed by atoms with Gasteiger partial charge in [-0.05, 0) is 74.5 Å². The highest BCUT2D eigenvalue weighted by Crippen LogP contribution is 2.33. The SMILES string of the molecule is COc1ccc(CC(NN)c2cc(C)c(Br)s2)cc1Br. The van der Waals surface area contributed by atoms with Gasteiger partial charge in [-0.2, -0.15) is 0 Å². The van der Waals surface area contributed by atoms with Gasteiger partial charge in [0.1, 0.15) is 5.75 Å². The zero-order valence-corrected chi connectivity index (χ0v) is 15.2. The van der Waals surface area contributed by atoms with Gasteiger partial charge in [0, 0.05) is 4.88 Å². The van der Waals surface area contributed by atoms with Crippen LogP contribution in [-0.2, 0) is 6.42 Å². The molecule has 2 rings (SSSR count). The summed E-state index contributed by atoms with van der Waals surface area (Å²) < 4.78 is 7.36. The Morgan fingerprint density at radius 1 is 1.35 bits per heavy atom. The minimum Gasteiger partial charge on any atom is -0.496 e. The fourth-order valence-electron chi connectivity index (χ4n) is 1.97. The van der Waals surface area contributed by atoms with Gasteiger partial charge in [0.25, 0.3) is 0 Å². The number of halogens is 2. The van der Waals surface area contributed by atoms with Crippen molar-refractivity contribution in [3.8, 4) is 5.75 Å². The first-order valence-electron chi connectivity index (χ1n) is 6.09. The van der Waals surface area contributed by atoms with Crippen LogP contribution in [-0.4, -0.2) is 7.11 Å². The van der Waals surface area contributed by atoms with E-state index in [9.17, 15) is 0 Å². The maximum absolute atomic E-state index is 5.71. The Kier molecular flexibility index (Phi) is 5.63. The van der Waals surface area contributed by atoms with Crippen LogP contribution in [0.5, 0.6) is 5.75 Å². The third-order valence-electron chi connectivity index (χ3n) is 3.08. The molecule has 1 heterocycles. The third-order valence-corrected chi connectivity index (χ3v) is 5.95. The number of hydrazine groups is 1. The average molecular weight is 420 g/mol. The molecule has 2 aromatic rings. The molecule has 1 aromatic heterocycles. The lowest BCUT2D eigenvalue weighted by Gasteiger charge is -2.15. The van der Waals surface area contributed by atoms with E-state index < -0.39 is 0 Å². The van der Waals surface area contributed by atoms with Gasteiger partial charge in [0.05, 0.1) is 21.4 Å². The summed E-state index contributed by atoms with van der Waals surface area (Å²) in [6, 6.07) is 8.35. The normalized spacial score (nSPS) is 12.4. The highest BCUT2D eigenvalue weighted by atomic mass is 79.9. The van der Waals surface area contributed by atoms with Crippen molar-refractivity contribution in [2.75, 3.05) is 7.11 Å². The summed E-state index contributed by atoms with van der Waals surface area (Å²) in [6.45, 7) is 2.08. The molecule has 0 amide bonds. The number of nitrogens with two attached hydrogens (primary N) is 1. The Morgan fingerprint density at radius 3 is 2.60 bits per heavy atom. The number of ether oxygens (including phenoxy) is 1. The Morgan fingerprint density at radius 2 is 2.10 bits per heavy atom. The van der Waals surface area contributed by atoms with Gasteiger partial charge < -0.3 is 4.74 Å². The molecule has 1 atom stereocenters. The van der Waals surface area contributed by atoms with Gasteiger partial charge >= 0.3 is 0 Å². The van der Waals surface area contributed by atoms with E-state index in [2.05, 4.69) is 62.4 Å². The van der Waals surface area contributed by atoms with Crippen LogP contribution in [0.3, 0.4) is 0 Å².